The van der Waals surface area contributed by atoms with Crippen molar-refractivity contribution in [3.05, 3.63) is 102 Å². The predicted molar refractivity (Wildman–Crippen MR) is 141 cm³/mol. The highest BCUT2D eigenvalue weighted by molar-refractivity contribution is 5.93. The zero-order valence-corrected chi connectivity index (χ0v) is 20.8. The minimum absolute atomic E-state index is 0.106. The summed E-state index contributed by atoms with van der Waals surface area (Å²) in [6, 6.07) is 27.8. The van der Waals surface area contributed by atoms with Gasteiger partial charge in [0, 0.05) is 24.8 Å². The van der Waals surface area contributed by atoms with Crippen molar-refractivity contribution >= 4 is 5.91 Å². The first-order chi connectivity index (χ1) is 17.2. The van der Waals surface area contributed by atoms with Gasteiger partial charge in [-0.1, -0.05) is 73.7 Å². The van der Waals surface area contributed by atoms with Gasteiger partial charge in [0.05, 0.1) is 0 Å². The molecule has 0 bridgehead atoms. The number of hydrogen-bond acceptors (Lipinski definition) is 3. The highest BCUT2D eigenvalue weighted by Crippen LogP contribution is 2.36. The molecule has 0 N–H and O–H groups in total. The Hall–Kier alpha value is -2.98. The minimum atomic E-state index is 0.106. The van der Waals surface area contributed by atoms with Gasteiger partial charge in [0.25, 0.3) is 5.91 Å². The van der Waals surface area contributed by atoms with Crippen molar-refractivity contribution in [3.63, 3.8) is 0 Å². The van der Waals surface area contributed by atoms with E-state index >= 15 is 0 Å². The second-order valence-corrected chi connectivity index (χ2v) is 10.4. The molecule has 35 heavy (non-hydrogen) atoms. The molecule has 0 radical (unpaired) electrons. The van der Waals surface area contributed by atoms with Crippen molar-refractivity contribution in [2.75, 3.05) is 19.6 Å². The van der Waals surface area contributed by atoms with Crippen LogP contribution in [0.2, 0.25) is 0 Å². The zero-order chi connectivity index (χ0) is 24.0. The third-order valence-corrected chi connectivity index (χ3v) is 7.78. The van der Waals surface area contributed by atoms with Crippen LogP contribution >= 0.6 is 0 Å². The SMILES string of the molecule is C[C@H](CN1CCC([C@H](Cc2ccccc2)N(C(=O)c2ccccn2)C2CC2)CC1)c1ccccc1. The van der Waals surface area contributed by atoms with E-state index in [0.29, 0.717) is 23.6 Å². The molecular weight excluding hydrogens is 430 g/mol. The molecule has 4 heteroatoms. The van der Waals surface area contributed by atoms with E-state index in [0.717, 1.165) is 51.7 Å². The summed E-state index contributed by atoms with van der Waals surface area (Å²) in [5.74, 6) is 1.14. The van der Waals surface area contributed by atoms with Gasteiger partial charge < -0.3 is 9.80 Å². The number of piperidine rings is 1. The van der Waals surface area contributed by atoms with E-state index < -0.39 is 0 Å². The van der Waals surface area contributed by atoms with Gasteiger partial charge in [-0.25, -0.2) is 0 Å². The number of likely N-dealkylation sites (tertiary alicyclic amines) is 1. The second kappa shape index (κ2) is 11.2. The van der Waals surface area contributed by atoms with Crippen LogP contribution in [0.25, 0.3) is 0 Å². The maximum atomic E-state index is 13.7. The van der Waals surface area contributed by atoms with Crippen LogP contribution < -0.4 is 0 Å². The maximum absolute atomic E-state index is 13.7. The fourth-order valence-corrected chi connectivity index (χ4v) is 5.70. The van der Waals surface area contributed by atoms with Crippen LogP contribution in [0.1, 0.15) is 60.1 Å². The first kappa shape index (κ1) is 23.7. The largest absolute Gasteiger partial charge is 0.331 e. The molecule has 1 aromatic heterocycles. The quantitative estimate of drug-likeness (QED) is 0.398. The van der Waals surface area contributed by atoms with Crippen molar-refractivity contribution in [3.8, 4) is 0 Å². The Bertz CT molecular complexity index is 1060. The van der Waals surface area contributed by atoms with Crippen LogP contribution in [0.3, 0.4) is 0 Å². The number of pyridine rings is 1. The Labute approximate surface area is 210 Å². The number of hydrogen-bond donors (Lipinski definition) is 0. The Morgan fingerprint density at radius 1 is 0.914 bits per heavy atom. The summed E-state index contributed by atoms with van der Waals surface area (Å²) in [5.41, 5.74) is 3.31. The lowest BCUT2D eigenvalue weighted by Crippen LogP contribution is -2.50. The van der Waals surface area contributed by atoms with E-state index in [9.17, 15) is 4.79 Å². The first-order valence-corrected chi connectivity index (χ1v) is 13.2. The number of aromatic nitrogens is 1. The lowest BCUT2D eigenvalue weighted by Gasteiger charge is -2.42. The molecule has 5 rings (SSSR count). The standard InChI is InChI=1S/C31H37N3O/c1-24(26-12-6-3-7-13-26)23-33-20-17-27(18-21-33)30(22-25-10-4-2-5-11-25)34(28-15-16-28)31(35)29-14-8-9-19-32-29/h2-14,19,24,27-28,30H,15-18,20-23H2,1H3/t24-,30+/m1/s1. The molecule has 2 aromatic carbocycles. The Morgan fingerprint density at radius 3 is 2.20 bits per heavy atom. The van der Waals surface area contributed by atoms with Crippen molar-refractivity contribution in [2.24, 2.45) is 5.92 Å². The summed E-state index contributed by atoms with van der Waals surface area (Å²) in [5, 5.41) is 0. The Balaban J connectivity index is 1.31. The number of nitrogens with zero attached hydrogens (tertiary/aromatic N) is 3. The maximum Gasteiger partial charge on any atom is 0.272 e. The number of amides is 1. The van der Waals surface area contributed by atoms with Crippen LogP contribution in [0.15, 0.2) is 85.1 Å². The van der Waals surface area contributed by atoms with E-state index in [4.69, 9.17) is 0 Å². The molecule has 1 aliphatic carbocycles. The van der Waals surface area contributed by atoms with E-state index in [1.807, 2.05) is 18.2 Å². The molecular formula is C31H37N3O. The molecule has 1 amide bonds. The van der Waals surface area contributed by atoms with E-state index in [1.54, 1.807) is 6.20 Å². The average Bonchev–Trinajstić information content (AvgIpc) is 3.75. The van der Waals surface area contributed by atoms with Crippen molar-refractivity contribution < 1.29 is 4.79 Å². The summed E-state index contributed by atoms with van der Waals surface area (Å²) in [6.45, 7) is 5.63. The van der Waals surface area contributed by atoms with Gasteiger partial charge in [0.15, 0.2) is 0 Å². The number of benzene rings is 2. The molecule has 0 unspecified atom stereocenters. The van der Waals surface area contributed by atoms with Crippen molar-refractivity contribution in [1.82, 2.24) is 14.8 Å². The highest BCUT2D eigenvalue weighted by atomic mass is 16.2. The third-order valence-electron chi connectivity index (χ3n) is 7.78. The van der Waals surface area contributed by atoms with Crippen LogP contribution in [0, 0.1) is 5.92 Å². The average molecular weight is 468 g/mol. The molecule has 2 fully saturated rings. The summed E-state index contributed by atoms with van der Waals surface area (Å²) in [6.07, 6.45) is 7.14. The normalized spacial score (nSPS) is 18.7. The lowest BCUT2D eigenvalue weighted by atomic mass is 9.84. The molecule has 2 aliphatic rings. The molecule has 1 saturated carbocycles. The molecule has 4 nitrogen and oxygen atoms in total. The molecule has 1 aliphatic heterocycles. The second-order valence-electron chi connectivity index (χ2n) is 10.4. The van der Waals surface area contributed by atoms with E-state index in [2.05, 4.69) is 82.4 Å². The summed E-state index contributed by atoms with van der Waals surface area (Å²) in [4.78, 5) is 23.0. The number of rotatable bonds is 9. The topological polar surface area (TPSA) is 36.4 Å². The number of carbonyl (C=O) groups is 1. The molecule has 2 heterocycles. The molecule has 182 valence electrons. The van der Waals surface area contributed by atoms with Crippen molar-refractivity contribution in [1.29, 1.82) is 0 Å². The fourth-order valence-electron chi connectivity index (χ4n) is 5.70. The number of carbonyl (C=O) groups excluding carboxylic acids is 1. The fraction of sp³-hybridized carbons (Fsp3) is 0.419. The highest BCUT2D eigenvalue weighted by Gasteiger charge is 2.42. The van der Waals surface area contributed by atoms with E-state index in [-0.39, 0.29) is 11.9 Å². The van der Waals surface area contributed by atoms with Crippen molar-refractivity contribution in [2.45, 2.75) is 57.0 Å². The molecule has 3 aromatic rings. The molecule has 0 spiro atoms. The minimum Gasteiger partial charge on any atom is -0.331 e. The Kier molecular flexibility index (Phi) is 7.58. The zero-order valence-electron chi connectivity index (χ0n) is 20.8. The van der Waals surface area contributed by atoms with Gasteiger partial charge in [0.1, 0.15) is 5.69 Å². The van der Waals surface area contributed by atoms with Gasteiger partial charge in [-0.05, 0) is 80.3 Å². The molecule has 1 saturated heterocycles. The van der Waals surface area contributed by atoms with Gasteiger partial charge in [-0.15, -0.1) is 0 Å². The van der Waals surface area contributed by atoms with E-state index in [1.165, 1.54) is 11.1 Å². The van der Waals surface area contributed by atoms with Crippen LogP contribution in [0.4, 0.5) is 0 Å². The van der Waals surface area contributed by atoms with Gasteiger partial charge in [-0.2, -0.15) is 0 Å². The first-order valence-electron chi connectivity index (χ1n) is 13.2. The van der Waals surface area contributed by atoms with Crippen LogP contribution in [-0.2, 0) is 6.42 Å². The summed E-state index contributed by atoms with van der Waals surface area (Å²) in [7, 11) is 0. The summed E-state index contributed by atoms with van der Waals surface area (Å²) < 4.78 is 0. The van der Waals surface area contributed by atoms with Gasteiger partial charge >= 0.3 is 0 Å². The lowest BCUT2D eigenvalue weighted by molar-refractivity contribution is 0.0479. The third kappa shape index (κ3) is 5.99. The van der Waals surface area contributed by atoms with Crippen LogP contribution in [-0.4, -0.2) is 52.4 Å². The van der Waals surface area contributed by atoms with Crippen LogP contribution in [0.5, 0.6) is 0 Å². The molecule has 2 atom stereocenters. The van der Waals surface area contributed by atoms with Gasteiger partial charge in [0.2, 0.25) is 0 Å². The monoisotopic (exact) mass is 467 g/mol. The smallest absolute Gasteiger partial charge is 0.272 e. The van der Waals surface area contributed by atoms with Gasteiger partial charge in [-0.3, -0.25) is 9.78 Å². The summed E-state index contributed by atoms with van der Waals surface area (Å²) >= 11 is 0. The Morgan fingerprint density at radius 2 is 1.57 bits per heavy atom. The predicted octanol–water partition coefficient (Wildman–Crippen LogP) is 5.81.